The van der Waals surface area contributed by atoms with Crippen LogP contribution in [0.2, 0.25) is 0 Å². The lowest BCUT2D eigenvalue weighted by molar-refractivity contribution is -0.311. The molecule has 5 nitrogen and oxygen atoms in total. The maximum atomic E-state index is 12.3. The van der Waals surface area contributed by atoms with Crippen LogP contribution in [-0.4, -0.2) is 28.7 Å². The van der Waals surface area contributed by atoms with Gasteiger partial charge in [-0.3, -0.25) is 14.5 Å². The zero-order valence-corrected chi connectivity index (χ0v) is 12.1. The summed E-state index contributed by atoms with van der Waals surface area (Å²) < 4.78 is 0. The fourth-order valence-electron chi connectivity index (χ4n) is 2.91. The number of fused-ring (bicyclic) bond motifs is 1. The number of halogens is 1. The molecule has 1 saturated heterocycles. The molecule has 1 heterocycles. The van der Waals surface area contributed by atoms with E-state index >= 15 is 0 Å². The van der Waals surface area contributed by atoms with Gasteiger partial charge in [0.25, 0.3) is 0 Å². The highest BCUT2D eigenvalue weighted by atomic mass is 35.5. The van der Waals surface area contributed by atoms with Gasteiger partial charge in [-0.05, 0) is 19.3 Å². The summed E-state index contributed by atoms with van der Waals surface area (Å²) in [5.74, 6) is -3.16. The normalized spacial score (nSPS) is 27.3. The maximum absolute atomic E-state index is 12.3. The van der Waals surface area contributed by atoms with Gasteiger partial charge in [0.05, 0.1) is 23.8 Å². The van der Waals surface area contributed by atoms with E-state index in [1.165, 1.54) is 0 Å². The Kier molecular flexibility index (Phi) is 4.48. The molecular weight excluding hydrogens is 282 g/mol. The highest BCUT2D eigenvalue weighted by Gasteiger charge is 2.50. The Morgan fingerprint density at radius 2 is 2.10 bits per heavy atom. The van der Waals surface area contributed by atoms with Gasteiger partial charge in [-0.2, -0.15) is 0 Å². The number of allylic oxidation sites excluding steroid dienone is 2. The molecule has 2 aliphatic rings. The molecule has 0 unspecified atom stereocenters. The zero-order chi connectivity index (χ0) is 14.9. The third-order valence-electron chi connectivity index (χ3n) is 4.02. The number of carbonyl (C=O) groups excluding carboxylic acids is 3. The second kappa shape index (κ2) is 5.95. The first kappa shape index (κ1) is 15.0. The Labute approximate surface area is 122 Å². The van der Waals surface area contributed by atoms with Crippen molar-refractivity contribution in [3.8, 4) is 0 Å². The van der Waals surface area contributed by atoms with Crippen molar-refractivity contribution in [1.29, 1.82) is 0 Å². The number of hydrogen-bond acceptors (Lipinski definition) is 4. The number of carbonyl (C=O) groups is 3. The van der Waals surface area contributed by atoms with Crippen LogP contribution in [-0.2, 0) is 14.4 Å². The van der Waals surface area contributed by atoms with Gasteiger partial charge in [0, 0.05) is 5.03 Å². The van der Waals surface area contributed by atoms with E-state index in [2.05, 4.69) is 0 Å². The Morgan fingerprint density at radius 3 is 2.70 bits per heavy atom. The molecule has 0 spiro atoms. The third kappa shape index (κ3) is 2.59. The average Bonchev–Trinajstić information content (AvgIpc) is 2.63. The molecule has 2 rings (SSSR count). The van der Waals surface area contributed by atoms with Gasteiger partial charge in [-0.1, -0.05) is 37.4 Å². The quantitative estimate of drug-likeness (QED) is 0.704. The fourth-order valence-corrected chi connectivity index (χ4v) is 3.17. The SMILES string of the molecule is CCCC[C@H](C(=O)[O-])N1C(=O)[C@H]2CC(Cl)=CC[C@H]2C1=O. The number of amides is 2. The predicted octanol–water partition coefficient (Wildman–Crippen LogP) is 0.813. The summed E-state index contributed by atoms with van der Waals surface area (Å²) in [6.45, 7) is 1.92. The van der Waals surface area contributed by atoms with Crippen LogP contribution in [0.4, 0.5) is 0 Å². The van der Waals surface area contributed by atoms with Crippen molar-refractivity contribution in [2.45, 2.75) is 45.1 Å². The first-order valence-electron chi connectivity index (χ1n) is 6.89. The lowest BCUT2D eigenvalue weighted by Crippen LogP contribution is -2.51. The third-order valence-corrected chi connectivity index (χ3v) is 4.33. The number of rotatable bonds is 5. The Morgan fingerprint density at radius 1 is 1.45 bits per heavy atom. The van der Waals surface area contributed by atoms with Crippen LogP contribution in [0, 0.1) is 11.8 Å². The minimum Gasteiger partial charge on any atom is -0.548 e. The van der Waals surface area contributed by atoms with Crippen LogP contribution in [0.15, 0.2) is 11.1 Å². The molecule has 6 heteroatoms. The van der Waals surface area contributed by atoms with Crippen molar-refractivity contribution in [3.05, 3.63) is 11.1 Å². The van der Waals surface area contributed by atoms with E-state index < -0.39 is 35.7 Å². The molecule has 0 saturated carbocycles. The number of carboxylic acid groups (broad SMARTS) is 1. The highest BCUT2D eigenvalue weighted by molar-refractivity contribution is 6.30. The summed E-state index contributed by atoms with van der Waals surface area (Å²) in [6.07, 6.45) is 4.12. The second-order valence-electron chi connectivity index (χ2n) is 5.33. The van der Waals surface area contributed by atoms with E-state index in [0.717, 1.165) is 11.3 Å². The molecule has 110 valence electrons. The Balaban J connectivity index is 2.22. The number of likely N-dealkylation sites (tertiary alicyclic amines) is 1. The number of unbranched alkanes of at least 4 members (excludes halogenated alkanes) is 1. The number of carboxylic acids is 1. The molecule has 2 amide bonds. The van der Waals surface area contributed by atoms with Crippen LogP contribution in [0.5, 0.6) is 0 Å². The lowest BCUT2D eigenvalue weighted by Gasteiger charge is -2.27. The summed E-state index contributed by atoms with van der Waals surface area (Å²) in [7, 11) is 0. The van der Waals surface area contributed by atoms with E-state index in [0.29, 0.717) is 24.3 Å². The summed E-state index contributed by atoms with van der Waals surface area (Å²) in [4.78, 5) is 36.8. The molecule has 0 N–H and O–H groups in total. The van der Waals surface area contributed by atoms with Crippen molar-refractivity contribution in [2.75, 3.05) is 0 Å². The number of imide groups is 1. The van der Waals surface area contributed by atoms with Crippen LogP contribution >= 0.6 is 11.6 Å². The largest absolute Gasteiger partial charge is 0.548 e. The van der Waals surface area contributed by atoms with E-state index in [9.17, 15) is 19.5 Å². The summed E-state index contributed by atoms with van der Waals surface area (Å²) >= 11 is 5.92. The molecular formula is C14H17ClNO4-. The lowest BCUT2D eigenvalue weighted by atomic mass is 9.85. The van der Waals surface area contributed by atoms with Crippen LogP contribution in [0.3, 0.4) is 0 Å². The molecule has 0 aromatic carbocycles. The van der Waals surface area contributed by atoms with Gasteiger partial charge >= 0.3 is 0 Å². The topological polar surface area (TPSA) is 77.5 Å². The molecule has 0 aromatic heterocycles. The van der Waals surface area contributed by atoms with E-state index in [4.69, 9.17) is 11.6 Å². The smallest absolute Gasteiger partial charge is 0.234 e. The van der Waals surface area contributed by atoms with Gasteiger partial charge in [-0.15, -0.1) is 0 Å². The van der Waals surface area contributed by atoms with Gasteiger partial charge < -0.3 is 9.90 Å². The van der Waals surface area contributed by atoms with Crippen molar-refractivity contribution < 1.29 is 19.5 Å². The zero-order valence-electron chi connectivity index (χ0n) is 11.3. The van der Waals surface area contributed by atoms with E-state index in [1.807, 2.05) is 6.92 Å². The Hall–Kier alpha value is -1.36. The molecule has 3 atom stereocenters. The number of hydrogen-bond donors (Lipinski definition) is 0. The molecule has 0 aromatic rings. The number of aliphatic carboxylic acids is 1. The summed E-state index contributed by atoms with van der Waals surface area (Å²) in [5, 5.41) is 11.8. The van der Waals surface area contributed by atoms with Crippen molar-refractivity contribution in [3.63, 3.8) is 0 Å². The van der Waals surface area contributed by atoms with Crippen LogP contribution < -0.4 is 5.11 Å². The molecule has 1 aliphatic carbocycles. The van der Waals surface area contributed by atoms with E-state index in [1.54, 1.807) is 6.08 Å². The monoisotopic (exact) mass is 298 g/mol. The minimum atomic E-state index is -1.36. The van der Waals surface area contributed by atoms with Crippen LogP contribution in [0.1, 0.15) is 39.0 Å². The second-order valence-corrected chi connectivity index (χ2v) is 5.81. The molecule has 20 heavy (non-hydrogen) atoms. The molecule has 0 radical (unpaired) electrons. The standard InChI is InChI=1S/C14H18ClNO4/c1-2-3-4-11(14(19)20)16-12(17)9-6-5-8(15)7-10(9)13(16)18/h5,9-11H,2-4,6-7H2,1H3,(H,19,20)/p-1/t9-,10+,11-/m1/s1. The maximum Gasteiger partial charge on any atom is 0.234 e. The van der Waals surface area contributed by atoms with Crippen molar-refractivity contribution >= 4 is 29.4 Å². The molecule has 0 bridgehead atoms. The molecule has 1 fully saturated rings. The fraction of sp³-hybridized carbons (Fsp3) is 0.643. The van der Waals surface area contributed by atoms with Gasteiger partial charge in [0.2, 0.25) is 11.8 Å². The minimum absolute atomic E-state index is 0.247. The van der Waals surface area contributed by atoms with Gasteiger partial charge in [0.15, 0.2) is 0 Å². The number of nitrogens with zero attached hydrogens (tertiary/aromatic N) is 1. The van der Waals surface area contributed by atoms with Crippen LogP contribution in [0.25, 0.3) is 0 Å². The predicted molar refractivity (Wildman–Crippen MR) is 70.3 cm³/mol. The summed E-state index contributed by atoms with van der Waals surface area (Å²) in [6, 6.07) is -1.15. The van der Waals surface area contributed by atoms with Gasteiger partial charge in [0.1, 0.15) is 0 Å². The first-order chi connectivity index (χ1) is 9.47. The van der Waals surface area contributed by atoms with Crippen molar-refractivity contribution in [1.82, 2.24) is 4.90 Å². The van der Waals surface area contributed by atoms with E-state index in [-0.39, 0.29) is 6.42 Å². The highest BCUT2D eigenvalue weighted by Crippen LogP contribution is 2.40. The summed E-state index contributed by atoms with van der Waals surface area (Å²) in [5.41, 5.74) is 0. The first-order valence-corrected chi connectivity index (χ1v) is 7.27. The molecule has 1 aliphatic heterocycles. The van der Waals surface area contributed by atoms with Gasteiger partial charge in [-0.25, -0.2) is 0 Å². The van der Waals surface area contributed by atoms with Crippen molar-refractivity contribution in [2.24, 2.45) is 11.8 Å². The average molecular weight is 299 g/mol. The Bertz CT molecular complexity index is 474.